The van der Waals surface area contributed by atoms with Crippen LogP contribution < -0.4 is 5.32 Å². The minimum absolute atomic E-state index is 0.112. The Kier molecular flexibility index (Phi) is 5.42. The topological polar surface area (TPSA) is 61.8 Å². The van der Waals surface area contributed by atoms with Crippen LogP contribution in [0.2, 0.25) is 0 Å². The number of para-hydroxylation sites is 1. The van der Waals surface area contributed by atoms with Gasteiger partial charge < -0.3 is 5.32 Å². The van der Waals surface area contributed by atoms with E-state index >= 15 is 0 Å². The lowest BCUT2D eigenvalue weighted by atomic mass is 10.1. The van der Waals surface area contributed by atoms with Crippen LogP contribution in [0, 0.1) is 13.8 Å². The Labute approximate surface area is 157 Å². The van der Waals surface area contributed by atoms with E-state index in [1.165, 1.54) is 16.7 Å². The van der Waals surface area contributed by atoms with Gasteiger partial charge in [0.1, 0.15) is 5.25 Å². The van der Waals surface area contributed by atoms with Crippen molar-refractivity contribution in [2.45, 2.75) is 25.5 Å². The lowest BCUT2D eigenvalue weighted by Crippen LogP contribution is -2.43. The number of aryl methyl sites for hydroxylation is 2. The maximum Gasteiger partial charge on any atom is 0.238 e. The fourth-order valence-electron chi connectivity index (χ4n) is 2.68. The average molecular weight is 367 g/mol. The van der Waals surface area contributed by atoms with Gasteiger partial charge in [0.2, 0.25) is 11.8 Å². The number of carbonyl (C=O) groups excluding carboxylic acids is 2. The number of amidine groups is 1. The molecule has 2 aromatic carbocycles. The van der Waals surface area contributed by atoms with Gasteiger partial charge in [-0.3, -0.25) is 14.5 Å². The van der Waals surface area contributed by atoms with Crippen LogP contribution >= 0.6 is 11.8 Å². The van der Waals surface area contributed by atoms with E-state index in [1.54, 1.807) is 7.05 Å². The lowest BCUT2D eigenvalue weighted by Gasteiger charge is -2.29. The summed E-state index contributed by atoms with van der Waals surface area (Å²) in [4.78, 5) is 31.1. The summed E-state index contributed by atoms with van der Waals surface area (Å²) < 4.78 is 0. The average Bonchev–Trinajstić information content (AvgIpc) is 2.62. The molecule has 0 aromatic heterocycles. The van der Waals surface area contributed by atoms with Gasteiger partial charge in [-0.25, -0.2) is 4.99 Å². The molecule has 0 spiro atoms. The van der Waals surface area contributed by atoms with Crippen LogP contribution in [-0.4, -0.2) is 34.2 Å². The van der Waals surface area contributed by atoms with Crippen molar-refractivity contribution in [1.82, 2.24) is 4.90 Å². The molecule has 134 valence electrons. The van der Waals surface area contributed by atoms with Crippen LogP contribution in [0.25, 0.3) is 0 Å². The Morgan fingerprint density at radius 2 is 1.92 bits per heavy atom. The van der Waals surface area contributed by atoms with Gasteiger partial charge in [-0.05, 0) is 37.6 Å². The summed E-state index contributed by atoms with van der Waals surface area (Å²) >= 11 is 1.32. The summed E-state index contributed by atoms with van der Waals surface area (Å²) in [5.74, 6) is -0.289. The Balaban J connectivity index is 1.78. The summed E-state index contributed by atoms with van der Waals surface area (Å²) in [5, 5.41) is 2.98. The number of nitrogens with one attached hydrogen (secondary N) is 1. The molecule has 26 heavy (non-hydrogen) atoms. The molecule has 0 saturated carbocycles. The highest BCUT2D eigenvalue weighted by Gasteiger charge is 2.34. The van der Waals surface area contributed by atoms with E-state index in [1.807, 2.05) is 62.4 Å². The summed E-state index contributed by atoms with van der Waals surface area (Å²) in [5.41, 5.74) is 3.67. The highest BCUT2D eigenvalue weighted by molar-refractivity contribution is 8.15. The van der Waals surface area contributed by atoms with Crippen molar-refractivity contribution in [3.05, 3.63) is 59.7 Å². The van der Waals surface area contributed by atoms with Crippen molar-refractivity contribution in [1.29, 1.82) is 0 Å². The zero-order valence-electron chi connectivity index (χ0n) is 15.0. The number of nitrogens with zero attached hydrogens (tertiary/aromatic N) is 2. The van der Waals surface area contributed by atoms with Crippen LogP contribution in [0.3, 0.4) is 0 Å². The number of hydrogen-bond acceptors (Lipinski definition) is 4. The van der Waals surface area contributed by atoms with Crippen LogP contribution in [-0.2, 0) is 9.59 Å². The molecule has 1 heterocycles. The van der Waals surface area contributed by atoms with Gasteiger partial charge in [0, 0.05) is 19.2 Å². The fraction of sp³-hybridized carbons (Fsp3) is 0.250. The molecule has 1 unspecified atom stereocenters. The molecule has 2 aromatic rings. The third kappa shape index (κ3) is 4.14. The molecule has 1 aliphatic heterocycles. The van der Waals surface area contributed by atoms with Gasteiger partial charge in [0.05, 0.1) is 5.69 Å². The van der Waals surface area contributed by atoms with Crippen LogP contribution in [0.4, 0.5) is 11.4 Å². The zero-order chi connectivity index (χ0) is 18.7. The zero-order valence-corrected chi connectivity index (χ0v) is 15.8. The maximum absolute atomic E-state index is 12.7. The highest BCUT2D eigenvalue weighted by atomic mass is 32.2. The smallest absolute Gasteiger partial charge is 0.238 e. The molecular weight excluding hydrogens is 346 g/mol. The standard InChI is InChI=1S/C20H21N3O2S/c1-13-9-10-16(14(2)11-13)22-19(25)17-12-18(24)23(3)20(26-17)21-15-7-5-4-6-8-15/h4-11,17H,12H2,1-3H3,(H,22,25). The van der Waals surface area contributed by atoms with Crippen molar-refractivity contribution in [2.24, 2.45) is 4.99 Å². The molecule has 1 atom stereocenters. The Morgan fingerprint density at radius 3 is 2.62 bits per heavy atom. The number of thioether (sulfide) groups is 1. The van der Waals surface area contributed by atoms with E-state index in [-0.39, 0.29) is 18.2 Å². The third-order valence-corrected chi connectivity index (χ3v) is 5.42. The molecule has 1 N–H and O–H groups in total. The van der Waals surface area contributed by atoms with Crippen molar-refractivity contribution in [3.63, 3.8) is 0 Å². The summed E-state index contributed by atoms with van der Waals surface area (Å²) in [6, 6.07) is 15.3. The van der Waals surface area contributed by atoms with Crippen molar-refractivity contribution in [3.8, 4) is 0 Å². The largest absolute Gasteiger partial charge is 0.325 e. The Morgan fingerprint density at radius 1 is 1.19 bits per heavy atom. The van der Waals surface area contributed by atoms with Gasteiger partial charge in [-0.2, -0.15) is 0 Å². The molecule has 6 heteroatoms. The summed E-state index contributed by atoms with van der Waals surface area (Å²) in [7, 11) is 1.69. The molecule has 2 amide bonds. The second kappa shape index (κ2) is 7.74. The predicted molar refractivity (Wildman–Crippen MR) is 107 cm³/mol. The van der Waals surface area contributed by atoms with Gasteiger partial charge in [0.15, 0.2) is 5.17 Å². The minimum Gasteiger partial charge on any atom is -0.325 e. The monoisotopic (exact) mass is 367 g/mol. The van der Waals surface area contributed by atoms with Crippen molar-refractivity contribution < 1.29 is 9.59 Å². The maximum atomic E-state index is 12.7. The lowest BCUT2D eigenvalue weighted by molar-refractivity contribution is -0.128. The third-order valence-electron chi connectivity index (χ3n) is 4.18. The Bertz CT molecular complexity index is 865. The first-order valence-electron chi connectivity index (χ1n) is 8.39. The van der Waals surface area contributed by atoms with Crippen LogP contribution in [0.1, 0.15) is 17.5 Å². The molecule has 3 rings (SSSR count). The number of aliphatic imine (C=N–C) groups is 1. The fourth-order valence-corrected chi connectivity index (χ4v) is 3.74. The molecule has 0 radical (unpaired) electrons. The second-order valence-corrected chi connectivity index (χ2v) is 7.47. The first-order valence-corrected chi connectivity index (χ1v) is 9.27. The Hall–Kier alpha value is -2.60. The quantitative estimate of drug-likeness (QED) is 0.895. The molecule has 0 bridgehead atoms. The van der Waals surface area contributed by atoms with Crippen molar-refractivity contribution >= 4 is 40.1 Å². The summed E-state index contributed by atoms with van der Waals surface area (Å²) in [6.07, 6.45) is 0.158. The minimum atomic E-state index is -0.498. The van der Waals surface area contributed by atoms with Crippen molar-refractivity contribution in [2.75, 3.05) is 12.4 Å². The van der Waals surface area contributed by atoms with E-state index in [2.05, 4.69) is 10.3 Å². The summed E-state index contributed by atoms with van der Waals surface area (Å²) in [6.45, 7) is 3.97. The molecule has 0 aliphatic carbocycles. The van der Waals surface area contributed by atoms with Gasteiger partial charge >= 0.3 is 0 Å². The number of carbonyl (C=O) groups is 2. The number of hydrogen-bond donors (Lipinski definition) is 1. The van der Waals surface area contributed by atoms with E-state index in [4.69, 9.17) is 0 Å². The predicted octanol–water partition coefficient (Wildman–Crippen LogP) is 3.89. The number of amides is 2. The highest BCUT2D eigenvalue weighted by Crippen LogP contribution is 2.29. The van der Waals surface area contributed by atoms with Crippen LogP contribution in [0.15, 0.2) is 53.5 Å². The van der Waals surface area contributed by atoms with Crippen LogP contribution in [0.5, 0.6) is 0 Å². The van der Waals surface area contributed by atoms with Gasteiger partial charge in [-0.1, -0.05) is 47.7 Å². The SMILES string of the molecule is Cc1ccc(NC(=O)C2CC(=O)N(C)C(=Nc3ccccc3)S2)c(C)c1. The number of anilines is 1. The van der Waals surface area contributed by atoms with E-state index in [9.17, 15) is 9.59 Å². The first-order chi connectivity index (χ1) is 12.4. The molecule has 1 fully saturated rings. The molecule has 5 nitrogen and oxygen atoms in total. The number of rotatable bonds is 3. The normalized spacial score (nSPS) is 18.9. The number of benzene rings is 2. The molecule has 1 aliphatic rings. The van der Waals surface area contributed by atoms with E-state index in [0.717, 1.165) is 22.5 Å². The second-order valence-electron chi connectivity index (χ2n) is 6.30. The first kappa shape index (κ1) is 18.2. The van der Waals surface area contributed by atoms with E-state index in [0.29, 0.717) is 5.17 Å². The molecular formula is C20H21N3O2S. The van der Waals surface area contributed by atoms with Gasteiger partial charge in [-0.15, -0.1) is 0 Å². The van der Waals surface area contributed by atoms with E-state index < -0.39 is 5.25 Å². The van der Waals surface area contributed by atoms with Gasteiger partial charge in [0.25, 0.3) is 0 Å². The molecule has 1 saturated heterocycles.